The molecule has 0 saturated heterocycles. The number of thiophene rings is 1. The molecule has 4 nitrogen and oxygen atoms in total. The van der Waals surface area contributed by atoms with E-state index in [2.05, 4.69) is 10.9 Å². The van der Waals surface area contributed by atoms with Crippen LogP contribution in [0, 0.1) is 13.8 Å². The fraction of sp³-hybridized carbons (Fsp3) is 0.125. The number of carbonyl (C=O) groups is 2. The predicted octanol–water partition coefficient (Wildman–Crippen LogP) is 2.84. The van der Waals surface area contributed by atoms with Gasteiger partial charge in [0.25, 0.3) is 11.8 Å². The molecule has 0 saturated carbocycles. The summed E-state index contributed by atoms with van der Waals surface area (Å²) in [7, 11) is 0. The minimum atomic E-state index is -0.371. The maximum Gasteiger partial charge on any atom is 0.269 e. The number of aryl methyl sites for hydroxylation is 2. The summed E-state index contributed by atoms with van der Waals surface area (Å²) in [6.07, 6.45) is 3.13. The van der Waals surface area contributed by atoms with Gasteiger partial charge in [-0.05, 0) is 48.6 Å². The smallest absolute Gasteiger partial charge is 0.268 e. The van der Waals surface area contributed by atoms with E-state index in [0.717, 1.165) is 16.0 Å². The predicted molar refractivity (Wildman–Crippen MR) is 84.9 cm³/mol. The number of carbonyl (C=O) groups excluding carboxylic acids is 2. The number of rotatable bonds is 3. The first-order valence-corrected chi connectivity index (χ1v) is 7.34. The largest absolute Gasteiger partial charge is 0.269 e. The Morgan fingerprint density at radius 3 is 2.48 bits per heavy atom. The zero-order valence-electron chi connectivity index (χ0n) is 11.8. The van der Waals surface area contributed by atoms with Crippen LogP contribution in [-0.2, 0) is 4.79 Å². The average Bonchev–Trinajstić information content (AvgIpc) is 2.88. The molecule has 0 unspecified atom stereocenters. The summed E-state index contributed by atoms with van der Waals surface area (Å²) in [6.45, 7) is 3.82. The maximum absolute atomic E-state index is 11.9. The molecule has 0 aliphatic heterocycles. The van der Waals surface area contributed by atoms with Crippen LogP contribution in [0.15, 0.2) is 41.8 Å². The summed E-state index contributed by atoms with van der Waals surface area (Å²) < 4.78 is 0. The summed E-state index contributed by atoms with van der Waals surface area (Å²) in [5.41, 5.74) is 7.28. The minimum Gasteiger partial charge on any atom is -0.268 e. The molecule has 0 atom stereocenters. The highest BCUT2D eigenvalue weighted by Crippen LogP contribution is 2.16. The first-order chi connectivity index (χ1) is 10.1. The molecule has 1 heterocycles. The Bertz CT molecular complexity index is 689. The molecule has 0 aliphatic carbocycles. The molecule has 1 aromatic heterocycles. The van der Waals surface area contributed by atoms with Crippen LogP contribution in [0.4, 0.5) is 0 Å². The van der Waals surface area contributed by atoms with Crippen molar-refractivity contribution in [1.82, 2.24) is 10.9 Å². The number of hydrogen-bond donors (Lipinski definition) is 2. The molecule has 2 rings (SSSR count). The third-order valence-electron chi connectivity index (χ3n) is 2.98. The van der Waals surface area contributed by atoms with Gasteiger partial charge in [0.05, 0.1) is 0 Å². The molecule has 0 bridgehead atoms. The SMILES string of the molecule is Cc1ccccc1C(=O)NNC(=O)/C=C/c1sccc1C. The first-order valence-electron chi connectivity index (χ1n) is 6.46. The van der Waals surface area contributed by atoms with Crippen LogP contribution >= 0.6 is 11.3 Å². The topological polar surface area (TPSA) is 58.2 Å². The van der Waals surface area contributed by atoms with Gasteiger partial charge >= 0.3 is 0 Å². The van der Waals surface area contributed by atoms with Gasteiger partial charge in [-0.1, -0.05) is 18.2 Å². The Balaban J connectivity index is 1.90. The van der Waals surface area contributed by atoms with Crippen LogP contribution in [0.3, 0.4) is 0 Å². The van der Waals surface area contributed by atoms with Gasteiger partial charge in [0.2, 0.25) is 0 Å². The lowest BCUT2D eigenvalue weighted by atomic mass is 10.1. The number of nitrogens with one attached hydrogen (secondary N) is 2. The van der Waals surface area contributed by atoms with Gasteiger partial charge in [-0.2, -0.15) is 0 Å². The molecule has 0 spiro atoms. The average molecular weight is 300 g/mol. The van der Waals surface area contributed by atoms with Crippen molar-refractivity contribution < 1.29 is 9.59 Å². The van der Waals surface area contributed by atoms with E-state index in [1.807, 2.05) is 37.4 Å². The van der Waals surface area contributed by atoms with Gasteiger partial charge in [0.1, 0.15) is 0 Å². The summed E-state index contributed by atoms with van der Waals surface area (Å²) in [6, 6.07) is 9.18. The van der Waals surface area contributed by atoms with Crippen LogP contribution in [0.5, 0.6) is 0 Å². The lowest BCUT2D eigenvalue weighted by Crippen LogP contribution is -2.41. The summed E-state index contributed by atoms with van der Waals surface area (Å²) in [5, 5.41) is 1.97. The molecule has 0 aliphatic rings. The molecule has 0 radical (unpaired) electrons. The molecule has 2 amide bonds. The third-order valence-corrected chi connectivity index (χ3v) is 3.96. The zero-order valence-corrected chi connectivity index (χ0v) is 12.7. The lowest BCUT2D eigenvalue weighted by molar-refractivity contribution is -0.117. The van der Waals surface area contributed by atoms with Crippen LogP contribution in [-0.4, -0.2) is 11.8 Å². The molecular formula is C16H16N2O2S. The monoisotopic (exact) mass is 300 g/mol. The highest BCUT2D eigenvalue weighted by molar-refractivity contribution is 7.11. The van der Waals surface area contributed by atoms with Crippen LogP contribution in [0.25, 0.3) is 6.08 Å². The van der Waals surface area contributed by atoms with Crippen molar-refractivity contribution in [3.05, 3.63) is 63.4 Å². The van der Waals surface area contributed by atoms with Crippen LogP contribution in [0.1, 0.15) is 26.4 Å². The van der Waals surface area contributed by atoms with Gasteiger partial charge < -0.3 is 0 Å². The Morgan fingerprint density at radius 2 is 1.81 bits per heavy atom. The number of amides is 2. The Hall–Kier alpha value is -2.40. The molecular weight excluding hydrogens is 284 g/mol. The van der Waals surface area contributed by atoms with Crippen molar-refractivity contribution in [1.29, 1.82) is 0 Å². The molecule has 108 valence electrons. The first kappa shape index (κ1) is 15.0. The van der Waals surface area contributed by atoms with E-state index in [-0.39, 0.29) is 11.8 Å². The lowest BCUT2D eigenvalue weighted by Gasteiger charge is -2.07. The van der Waals surface area contributed by atoms with Crippen molar-refractivity contribution in [3.8, 4) is 0 Å². The maximum atomic E-state index is 11.9. The second-order valence-electron chi connectivity index (χ2n) is 4.56. The second kappa shape index (κ2) is 6.85. The van der Waals surface area contributed by atoms with Gasteiger partial charge in [-0.3, -0.25) is 20.4 Å². The fourth-order valence-electron chi connectivity index (χ4n) is 1.76. The van der Waals surface area contributed by atoms with E-state index in [0.29, 0.717) is 5.56 Å². The van der Waals surface area contributed by atoms with Crippen molar-refractivity contribution >= 4 is 29.2 Å². The molecule has 1 aromatic carbocycles. The zero-order chi connectivity index (χ0) is 15.2. The van der Waals surface area contributed by atoms with E-state index >= 15 is 0 Å². The summed E-state index contributed by atoms with van der Waals surface area (Å²) in [4.78, 5) is 24.6. The number of benzene rings is 1. The van der Waals surface area contributed by atoms with E-state index < -0.39 is 0 Å². The van der Waals surface area contributed by atoms with Crippen LogP contribution in [0.2, 0.25) is 0 Å². The highest BCUT2D eigenvalue weighted by atomic mass is 32.1. The van der Waals surface area contributed by atoms with Crippen molar-refractivity contribution in [2.45, 2.75) is 13.8 Å². The van der Waals surface area contributed by atoms with Crippen molar-refractivity contribution in [2.75, 3.05) is 0 Å². The quantitative estimate of drug-likeness (QED) is 0.676. The highest BCUT2D eigenvalue weighted by Gasteiger charge is 2.08. The fourth-order valence-corrected chi connectivity index (χ4v) is 2.58. The molecule has 0 fully saturated rings. The normalized spacial score (nSPS) is 10.6. The number of hydrogen-bond acceptors (Lipinski definition) is 3. The van der Waals surface area contributed by atoms with Gasteiger partial charge in [0.15, 0.2) is 0 Å². The molecule has 2 N–H and O–H groups in total. The molecule has 21 heavy (non-hydrogen) atoms. The standard InChI is InChI=1S/C16H16N2O2S/c1-11-5-3-4-6-13(11)16(20)18-17-15(19)8-7-14-12(2)9-10-21-14/h3-10H,1-2H3,(H,17,19)(H,18,20)/b8-7+. The third kappa shape index (κ3) is 4.03. The van der Waals surface area contributed by atoms with E-state index in [1.54, 1.807) is 29.5 Å². The van der Waals surface area contributed by atoms with E-state index in [1.165, 1.54) is 6.08 Å². The molecule has 5 heteroatoms. The van der Waals surface area contributed by atoms with Crippen molar-refractivity contribution in [2.24, 2.45) is 0 Å². The Labute approximate surface area is 127 Å². The van der Waals surface area contributed by atoms with Gasteiger partial charge in [-0.15, -0.1) is 11.3 Å². The van der Waals surface area contributed by atoms with Crippen LogP contribution < -0.4 is 10.9 Å². The summed E-state index contributed by atoms with van der Waals surface area (Å²) in [5.74, 6) is -0.702. The Morgan fingerprint density at radius 1 is 1.05 bits per heavy atom. The molecule has 2 aromatic rings. The van der Waals surface area contributed by atoms with E-state index in [9.17, 15) is 9.59 Å². The Kier molecular flexibility index (Phi) is 4.90. The second-order valence-corrected chi connectivity index (χ2v) is 5.51. The summed E-state index contributed by atoms with van der Waals surface area (Å²) >= 11 is 1.56. The van der Waals surface area contributed by atoms with Gasteiger partial charge in [-0.25, -0.2) is 0 Å². The van der Waals surface area contributed by atoms with Crippen molar-refractivity contribution in [3.63, 3.8) is 0 Å². The number of hydrazine groups is 1. The van der Waals surface area contributed by atoms with E-state index in [4.69, 9.17) is 0 Å². The van der Waals surface area contributed by atoms with Gasteiger partial charge in [0, 0.05) is 16.5 Å². The minimum absolute atomic E-state index is 0.331.